The summed E-state index contributed by atoms with van der Waals surface area (Å²) in [5, 5.41) is 11.8. The van der Waals surface area contributed by atoms with Crippen molar-refractivity contribution in [3.05, 3.63) is 39.1 Å². The molecule has 0 radical (unpaired) electrons. The quantitative estimate of drug-likeness (QED) is 0.611. The van der Waals surface area contributed by atoms with Gasteiger partial charge in [-0.05, 0) is 23.5 Å². The molecule has 2 aromatic heterocycles. The van der Waals surface area contributed by atoms with Crippen molar-refractivity contribution >= 4 is 22.9 Å². The third-order valence-electron chi connectivity index (χ3n) is 2.39. The fraction of sp³-hybridized carbons (Fsp3) is 0.273. The van der Waals surface area contributed by atoms with Crippen LogP contribution in [0.15, 0.2) is 18.3 Å². The number of aromatic nitrogens is 2. The van der Waals surface area contributed by atoms with Crippen molar-refractivity contribution in [1.82, 2.24) is 4.98 Å². The van der Waals surface area contributed by atoms with Gasteiger partial charge >= 0.3 is 5.82 Å². The smallest absolute Gasteiger partial charge is 0.343 e. The van der Waals surface area contributed by atoms with E-state index in [9.17, 15) is 5.21 Å². The minimum atomic E-state index is 0.423. The lowest BCUT2D eigenvalue weighted by Gasteiger charge is -2.07. The molecule has 0 spiro atoms. The highest BCUT2D eigenvalue weighted by molar-refractivity contribution is 7.19. The average Bonchev–Trinajstić information content (AvgIpc) is 2.67. The third-order valence-corrected chi connectivity index (χ3v) is 3.62. The number of halogens is 1. The predicted octanol–water partition coefficient (Wildman–Crippen LogP) is 2.97. The van der Waals surface area contributed by atoms with Gasteiger partial charge in [0.2, 0.25) is 0 Å². The Hall–Kier alpha value is -1.13. The Morgan fingerprint density at radius 1 is 1.50 bits per heavy atom. The van der Waals surface area contributed by atoms with Crippen molar-refractivity contribution in [2.45, 2.75) is 20.3 Å². The topological polar surface area (TPSA) is 39.8 Å². The van der Waals surface area contributed by atoms with Crippen LogP contribution in [0, 0.1) is 12.1 Å². The Balaban J connectivity index is 2.54. The molecule has 0 aliphatic rings. The highest BCUT2D eigenvalue weighted by Crippen LogP contribution is 2.28. The van der Waals surface area contributed by atoms with Crippen LogP contribution in [0.3, 0.4) is 0 Å². The maximum atomic E-state index is 11.8. The Morgan fingerprint density at radius 2 is 2.25 bits per heavy atom. The van der Waals surface area contributed by atoms with Crippen molar-refractivity contribution < 1.29 is 4.73 Å². The monoisotopic (exact) mass is 254 g/mol. The minimum absolute atomic E-state index is 0.423. The molecule has 2 heterocycles. The van der Waals surface area contributed by atoms with Gasteiger partial charge in [0.25, 0.3) is 0 Å². The van der Waals surface area contributed by atoms with Gasteiger partial charge in [0.1, 0.15) is 11.1 Å². The Morgan fingerprint density at radius 3 is 2.81 bits per heavy atom. The van der Waals surface area contributed by atoms with Crippen molar-refractivity contribution in [2.75, 3.05) is 0 Å². The molecule has 0 saturated heterocycles. The third kappa shape index (κ3) is 2.03. The first-order valence-electron chi connectivity index (χ1n) is 4.97. The lowest BCUT2D eigenvalue weighted by atomic mass is 10.2. The second-order valence-corrected chi connectivity index (χ2v) is 5.17. The van der Waals surface area contributed by atoms with E-state index in [0.29, 0.717) is 10.2 Å². The van der Waals surface area contributed by atoms with Crippen molar-refractivity contribution in [1.29, 1.82) is 0 Å². The SMILES string of the molecule is CCc1c[n+]([O-])c(-c2ccc(Cl)s2)nc1C. The summed E-state index contributed by atoms with van der Waals surface area (Å²) in [6, 6.07) is 3.58. The van der Waals surface area contributed by atoms with E-state index in [1.807, 2.05) is 19.9 Å². The second-order valence-electron chi connectivity index (χ2n) is 3.46. The maximum absolute atomic E-state index is 11.8. The van der Waals surface area contributed by atoms with Gasteiger partial charge in [-0.3, -0.25) is 0 Å². The molecule has 0 bridgehead atoms. The minimum Gasteiger partial charge on any atom is -0.710 e. The molecule has 0 aliphatic carbocycles. The van der Waals surface area contributed by atoms with E-state index in [0.717, 1.165) is 27.3 Å². The van der Waals surface area contributed by atoms with Crippen LogP contribution in [0.4, 0.5) is 0 Å². The molecule has 5 heteroatoms. The molecule has 84 valence electrons. The molecule has 0 unspecified atom stereocenters. The van der Waals surface area contributed by atoms with Crippen molar-refractivity contribution in [3.8, 4) is 10.7 Å². The van der Waals surface area contributed by atoms with Gasteiger partial charge in [-0.2, -0.15) is 0 Å². The van der Waals surface area contributed by atoms with Crippen LogP contribution >= 0.6 is 22.9 Å². The van der Waals surface area contributed by atoms with Gasteiger partial charge in [0, 0.05) is 12.5 Å². The fourth-order valence-electron chi connectivity index (χ4n) is 1.52. The molecule has 0 fully saturated rings. The highest BCUT2D eigenvalue weighted by atomic mass is 35.5. The van der Waals surface area contributed by atoms with Gasteiger partial charge in [-0.15, -0.1) is 11.3 Å². The number of aryl methyl sites for hydroxylation is 2. The lowest BCUT2D eigenvalue weighted by molar-refractivity contribution is -0.597. The number of rotatable bonds is 2. The molecule has 16 heavy (non-hydrogen) atoms. The number of nitrogens with zero attached hydrogens (tertiary/aromatic N) is 2. The average molecular weight is 255 g/mol. The summed E-state index contributed by atoms with van der Waals surface area (Å²) in [5.74, 6) is 0.423. The van der Waals surface area contributed by atoms with Crippen LogP contribution in [0.5, 0.6) is 0 Å². The van der Waals surface area contributed by atoms with E-state index in [4.69, 9.17) is 11.6 Å². The number of hydrogen-bond donors (Lipinski definition) is 0. The Labute approximate surface area is 103 Å². The first kappa shape index (κ1) is 11.4. The second kappa shape index (κ2) is 4.39. The molecule has 2 aromatic rings. The Kier molecular flexibility index (Phi) is 3.12. The highest BCUT2D eigenvalue weighted by Gasteiger charge is 2.16. The molecular formula is C11H11ClN2OS. The zero-order chi connectivity index (χ0) is 11.7. The molecule has 0 atom stereocenters. The summed E-state index contributed by atoms with van der Waals surface area (Å²) >= 11 is 7.20. The van der Waals surface area contributed by atoms with Crippen molar-refractivity contribution in [2.24, 2.45) is 0 Å². The zero-order valence-corrected chi connectivity index (χ0v) is 10.6. The summed E-state index contributed by atoms with van der Waals surface area (Å²) in [7, 11) is 0. The van der Waals surface area contributed by atoms with E-state index in [1.54, 1.807) is 12.3 Å². The van der Waals surface area contributed by atoms with E-state index < -0.39 is 0 Å². The molecule has 0 saturated carbocycles. The summed E-state index contributed by atoms with van der Waals surface area (Å²) in [4.78, 5) is 5.13. The first-order chi connectivity index (χ1) is 7.61. The van der Waals surface area contributed by atoms with Gasteiger partial charge < -0.3 is 5.21 Å². The predicted molar refractivity (Wildman–Crippen MR) is 65.6 cm³/mol. The van der Waals surface area contributed by atoms with E-state index in [1.165, 1.54) is 11.3 Å². The lowest BCUT2D eigenvalue weighted by Crippen LogP contribution is -2.31. The normalized spacial score (nSPS) is 10.7. The number of hydrogen-bond acceptors (Lipinski definition) is 3. The molecule has 0 amide bonds. The molecule has 2 rings (SSSR count). The molecule has 0 N–H and O–H groups in total. The van der Waals surface area contributed by atoms with Gasteiger partial charge in [0.15, 0.2) is 5.69 Å². The first-order valence-corrected chi connectivity index (χ1v) is 6.16. The summed E-state index contributed by atoms with van der Waals surface area (Å²) in [5.41, 5.74) is 1.87. The fourth-order valence-corrected chi connectivity index (χ4v) is 2.54. The van der Waals surface area contributed by atoms with Crippen LogP contribution in [-0.2, 0) is 6.42 Å². The van der Waals surface area contributed by atoms with Crippen LogP contribution < -0.4 is 4.73 Å². The molecule has 3 nitrogen and oxygen atoms in total. The Bertz CT molecular complexity index is 525. The summed E-state index contributed by atoms with van der Waals surface area (Å²) < 4.78 is 1.47. The van der Waals surface area contributed by atoms with Gasteiger partial charge in [-0.25, -0.2) is 4.73 Å². The largest absolute Gasteiger partial charge is 0.710 e. The summed E-state index contributed by atoms with van der Waals surface area (Å²) in [6.07, 6.45) is 2.40. The van der Waals surface area contributed by atoms with Crippen LogP contribution in [0.25, 0.3) is 10.7 Å². The molecule has 0 aromatic carbocycles. The van der Waals surface area contributed by atoms with Crippen LogP contribution in [0.2, 0.25) is 4.34 Å². The van der Waals surface area contributed by atoms with E-state index in [-0.39, 0.29) is 0 Å². The van der Waals surface area contributed by atoms with Gasteiger partial charge in [0.05, 0.1) is 4.34 Å². The molecular weight excluding hydrogens is 244 g/mol. The van der Waals surface area contributed by atoms with Gasteiger partial charge in [-0.1, -0.05) is 18.5 Å². The summed E-state index contributed by atoms with van der Waals surface area (Å²) in [6.45, 7) is 3.92. The standard InChI is InChI=1S/C11H11ClN2OS/c1-3-8-6-14(15)11(13-7(8)2)9-4-5-10(12)16-9/h4-6H,3H2,1-2H3. The van der Waals surface area contributed by atoms with E-state index in [2.05, 4.69) is 4.98 Å². The van der Waals surface area contributed by atoms with Crippen LogP contribution in [0.1, 0.15) is 18.2 Å². The van der Waals surface area contributed by atoms with Crippen LogP contribution in [-0.4, -0.2) is 4.98 Å². The maximum Gasteiger partial charge on any atom is 0.343 e. The van der Waals surface area contributed by atoms with Crippen molar-refractivity contribution in [3.63, 3.8) is 0 Å². The van der Waals surface area contributed by atoms with E-state index >= 15 is 0 Å². The molecule has 0 aliphatic heterocycles. The zero-order valence-electron chi connectivity index (χ0n) is 9.03. The number of thiophene rings is 1.